The van der Waals surface area contributed by atoms with Crippen LogP contribution in [-0.4, -0.2) is 14.1 Å². The number of hydrazine groups is 1. The molecule has 0 aromatic carbocycles. The van der Waals surface area contributed by atoms with Gasteiger partial charge in [0.2, 0.25) is 0 Å². The molecule has 0 rings (SSSR count). The van der Waals surface area contributed by atoms with Gasteiger partial charge >= 0.3 is 0 Å². The van der Waals surface area contributed by atoms with Crippen molar-refractivity contribution in [1.82, 2.24) is 10.9 Å². The van der Waals surface area contributed by atoms with E-state index in [-0.39, 0.29) is 0 Å². The van der Waals surface area contributed by atoms with Crippen molar-refractivity contribution in [2.45, 2.75) is 0 Å². The molecule has 0 atom stereocenters. The number of hydrogen-bond donors (Lipinski definition) is 3. The first kappa shape index (κ1) is 9.90. The molecule has 3 nitrogen and oxygen atoms in total. The number of nitrogens with zero attached hydrogens (tertiary/aromatic N) is 1. The van der Waals surface area contributed by atoms with Gasteiger partial charge < -0.3 is 0 Å². The summed E-state index contributed by atoms with van der Waals surface area (Å²) in [4.78, 5) is 0. The van der Waals surface area contributed by atoms with Crippen molar-refractivity contribution in [2.75, 3.05) is 14.1 Å². The average molecular weight is 119 g/mol. The summed E-state index contributed by atoms with van der Waals surface area (Å²) in [5.74, 6) is 0. The zero-order valence-electron chi connectivity index (χ0n) is 4.39. The number of rotatable bonds is 1. The Morgan fingerprint density at radius 3 is 1.57 bits per heavy atom. The molecule has 4 heteroatoms. The summed E-state index contributed by atoms with van der Waals surface area (Å²) in [6.45, 7) is 0. The molecule has 0 fully saturated rings. The third-order valence-electron chi connectivity index (χ3n) is 0.250. The molecule has 0 bridgehead atoms. The molecule has 0 spiro atoms. The van der Waals surface area contributed by atoms with Crippen molar-refractivity contribution < 1.29 is 0 Å². The van der Waals surface area contributed by atoms with Crippen LogP contribution in [0.25, 0.3) is 0 Å². The minimum Gasteiger partial charge on any atom is -0.261 e. The summed E-state index contributed by atoms with van der Waals surface area (Å²) in [5.41, 5.74) is 5.36. The van der Waals surface area contributed by atoms with E-state index in [0.717, 1.165) is 0 Å². The Bertz CT molecular complexity index is 46.6. The van der Waals surface area contributed by atoms with Gasteiger partial charge in [0.25, 0.3) is 0 Å². The van der Waals surface area contributed by atoms with Crippen LogP contribution in [0.2, 0.25) is 0 Å². The Morgan fingerprint density at radius 2 is 1.57 bits per heavy atom. The molecule has 0 aromatic heterocycles. The highest BCUT2D eigenvalue weighted by Gasteiger charge is 1.44. The topological polar surface area (TPSA) is 47.8 Å². The smallest absolute Gasteiger partial charge is 0.130 e. The molecule has 42 valence electrons. The van der Waals surface area contributed by atoms with Crippen LogP contribution >= 0.6 is 12.6 Å². The summed E-state index contributed by atoms with van der Waals surface area (Å²) in [5, 5.41) is 8.63. The van der Waals surface area contributed by atoms with E-state index in [1.165, 1.54) is 5.40 Å². The van der Waals surface area contributed by atoms with Gasteiger partial charge in [-0.2, -0.15) is 5.26 Å². The van der Waals surface area contributed by atoms with Crippen LogP contribution in [-0.2, 0) is 0 Å². The fourth-order valence-corrected chi connectivity index (χ4v) is 0. The molecule has 0 amide bonds. The Hall–Kier alpha value is -0.240. The standard InChI is InChI=1S/C2H8N2.CHNS/c1-3-4-2;2-1-3/h3-4H,1-2H3;3H. The molecular formula is C3H9N3S. The number of thiocyanates is 1. The fourth-order valence-electron chi connectivity index (χ4n) is 0. The van der Waals surface area contributed by atoms with Crippen LogP contribution in [0.3, 0.4) is 0 Å². The number of thiol groups is 1. The van der Waals surface area contributed by atoms with Gasteiger partial charge in [-0.05, 0) is 14.1 Å². The van der Waals surface area contributed by atoms with Crippen molar-refractivity contribution in [3.8, 4) is 5.40 Å². The normalized spacial score (nSPS) is 5.43. The lowest BCUT2D eigenvalue weighted by molar-refractivity contribution is 0.689. The van der Waals surface area contributed by atoms with Crippen LogP contribution in [0.4, 0.5) is 0 Å². The molecule has 0 aliphatic rings. The summed E-state index contributed by atoms with van der Waals surface area (Å²) in [7, 11) is 3.64. The molecule has 0 saturated heterocycles. The van der Waals surface area contributed by atoms with Crippen LogP contribution in [0.5, 0.6) is 0 Å². The van der Waals surface area contributed by atoms with Crippen LogP contribution in [0, 0.1) is 10.7 Å². The molecule has 0 aromatic rings. The first-order valence-corrected chi connectivity index (χ1v) is 2.14. The average Bonchev–Trinajstić information content (AvgIpc) is 1.69. The SMILES string of the molecule is CNNC.N#CS. The third-order valence-corrected chi connectivity index (χ3v) is 0.250. The predicted octanol–water partition coefficient (Wildman–Crippen LogP) is -0.263. The zero-order chi connectivity index (χ0) is 6.12. The predicted molar refractivity (Wildman–Crippen MR) is 32.7 cm³/mol. The van der Waals surface area contributed by atoms with Gasteiger partial charge in [-0.15, -0.1) is 0 Å². The Balaban J connectivity index is 0. The van der Waals surface area contributed by atoms with Crippen molar-refractivity contribution >= 4 is 12.6 Å². The molecule has 0 aliphatic carbocycles. The van der Waals surface area contributed by atoms with Gasteiger partial charge in [0, 0.05) is 0 Å². The quantitative estimate of drug-likeness (QED) is 0.253. The minimum absolute atomic E-state index is 1.44. The minimum atomic E-state index is 1.44. The maximum absolute atomic E-state index is 7.18. The summed E-state index contributed by atoms with van der Waals surface area (Å²) >= 11 is 3.09. The van der Waals surface area contributed by atoms with E-state index in [1.54, 1.807) is 0 Å². The highest BCUT2D eigenvalue weighted by atomic mass is 32.1. The maximum atomic E-state index is 7.18. The molecule has 2 N–H and O–H groups in total. The largest absolute Gasteiger partial charge is 0.261 e. The van der Waals surface area contributed by atoms with Gasteiger partial charge in [0.05, 0.1) is 0 Å². The number of hydrogen-bond acceptors (Lipinski definition) is 4. The summed E-state index contributed by atoms with van der Waals surface area (Å²) < 4.78 is 0. The van der Waals surface area contributed by atoms with E-state index in [0.29, 0.717) is 0 Å². The highest BCUT2D eigenvalue weighted by molar-refractivity contribution is 7.85. The Kier molecular flexibility index (Phi) is 24.2. The first-order valence-electron chi connectivity index (χ1n) is 1.70. The van der Waals surface area contributed by atoms with Crippen molar-refractivity contribution in [1.29, 1.82) is 5.26 Å². The number of nitrogens with one attached hydrogen (secondary N) is 2. The van der Waals surface area contributed by atoms with E-state index >= 15 is 0 Å². The number of nitriles is 1. The summed E-state index contributed by atoms with van der Waals surface area (Å²) in [6.07, 6.45) is 0. The lowest BCUT2D eigenvalue weighted by Gasteiger charge is -1.81. The summed E-state index contributed by atoms with van der Waals surface area (Å²) in [6, 6.07) is 0. The monoisotopic (exact) mass is 119 g/mol. The van der Waals surface area contributed by atoms with Gasteiger partial charge in [0.1, 0.15) is 5.40 Å². The molecule has 0 aliphatic heterocycles. The zero-order valence-corrected chi connectivity index (χ0v) is 5.29. The second-order valence-electron chi connectivity index (χ2n) is 0.600. The molecular weight excluding hydrogens is 110 g/mol. The van der Waals surface area contributed by atoms with E-state index < -0.39 is 0 Å². The van der Waals surface area contributed by atoms with Crippen LogP contribution in [0.1, 0.15) is 0 Å². The molecule has 7 heavy (non-hydrogen) atoms. The third kappa shape index (κ3) is 141. The van der Waals surface area contributed by atoms with Crippen molar-refractivity contribution in [2.24, 2.45) is 0 Å². The Morgan fingerprint density at radius 1 is 1.43 bits per heavy atom. The van der Waals surface area contributed by atoms with Crippen LogP contribution in [0.15, 0.2) is 0 Å². The van der Waals surface area contributed by atoms with E-state index in [9.17, 15) is 0 Å². The lowest BCUT2D eigenvalue weighted by Crippen LogP contribution is -2.21. The molecule has 0 heterocycles. The second kappa shape index (κ2) is 17.1. The van der Waals surface area contributed by atoms with E-state index in [1.807, 2.05) is 14.1 Å². The highest BCUT2D eigenvalue weighted by Crippen LogP contribution is 1.46. The van der Waals surface area contributed by atoms with Crippen LogP contribution < -0.4 is 10.9 Å². The van der Waals surface area contributed by atoms with E-state index in [4.69, 9.17) is 5.26 Å². The van der Waals surface area contributed by atoms with Gasteiger partial charge in [-0.1, -0.05) is 12.6 Å². The van der Waals surface area contributed by atoms with Crippen molar-refractivity contribution in [3.05, 3.63) is 0 Å². The fraction of sp³-hybridized carbons (Fsp3) is 0.667. The molecule has 0 unspecified atom stereocenters. The molecule has 0 radical (unpaired) electrons. The lowest BCUT2D eigenvalue weighted by atomic mass is 11.4. The first-order chi connectivity index (χ1) is 3.33. The van der Waals surface area contributed by atoms with Gasteiger partial charge in [-0.25, -0.2) is 0 Å². The van der Waals surface area contributed by atoms with Crippen molar-refractivity contribution in [3.63, 3.8) is 0 Å². The van der Waals surface area contributed by atoms with Gasteiger partial charge in [-0.3, -0.25) is 10.9 Å². The Labute approximate surface area is 49.1 Å². The second-order valence-corrected chi connectivity index (χ2v) is 0.800. The molecule has 0 saturated carbocycles. The van der Waals surface area contributed by atoms with Gasteiger partial charge in [0.15, 0.2) is 0 Å². The maximum Gasteiger partial charge on any atom is 0.130 e. The van der Waals surface area contributed by atoms with E-state index in [2.05, 4.69) is 23.5 Å².